The third kappa shape index (κ3) is 3.00. The Morgan fingerprint density at radius 3 is 2.50 bits per heavy atom. The fourth-order valence-electron chi connectivity index (χ4n) is 0.878. The molecule has 0 aliphatic carbocycles. The lowest BCUT2D eigenvalue weighted by molar-refractivity contribution is 0.369. The number of aromatic nitrogens is 1. The summed E-state index contributed by atoms with van der Waals surface area (Å²) in [6.07, 6.45) is 1.77. The summed E-state index contributed by atoms with van der Waals surface area (Å²) in [5.41, 5.74) is 0.801. The molecule has 0 N–H and O–H groups in total. The van der Waals surface area contributed by atoms with E-state index in [2.05, 4.69) is 18.1 Å². The lowest BCUT2D eigenvalue weighted by Crippen LogP contribution is -1.87. The predicted molar refractivity (Wildman–Crippen MR) is 64.3 cm³/mol. The van der Waals surface area contributed by atoms with E-state index in [1.807, 2.05) is 20.8 Å². The van der Waals surface area contributed by atoms with Gasteiger partial charge in [-0.2, -0.15) is 0 Å². The van der Waals surface area contributed by atoms with E-state index in [-0.39, 0.29) is 0 Å². The minimum atomic E-state index is 0.592. The highest BCUT2D eigenvalue weighted by molar-refractivity contribution is 7.12. The molecule has 1 aromatic heterocycles. The molecule has 0 saturated carbocycles. The van der Waals surface area contributed by atoms with Gasteiger partial charge in [0.1, 0.15) is 11.5 Å². The number of hydrogen-bond acceptors (Lipinski definition) is 3. The van der Waals surface area contributed by atoms with Crippen LogP contribution in [0.25, 0.3) is 11.8 Å². The van der Waals surface area contributed by atoms with Crippen molar-refractivity contribution in [1.29, 1.82) is 0 Å². The molecule has 14 heavy (non-hydrogen) atoms. The molecule has 1 heterocycles. The second-order valence-electron chi connectivity index (χ2n) is 2.28. The van der Waals surface area contributed by atoms with Gasteiger partial charge >= 0.3 is 0 Å². The highest BCUT2D eigenvalue weighted by Gasteiger charge is 2.09. The SMILES string of the molecule is C=Cc1sc(C)nc1C(=C)OC.CC. The summed E-state index contributed by atoms with van der Waals surface area (Å²) in [6.45, 7) is 13.4. The van der Waals surface area contributed by atoms with Crippen molar-refractivity contribution in [3.63, 3.8) is 0 Å². The summed E-state index contributed by atoms with van der Waals surface area (Å²) in [5.74, 6) is 0.592. The Labute approximate surface area is 90.0 Å². The monoisotopic (exact) mass is 211 g/mol. The Kier molecular flexibility index (Phi) is 5.88. The molecule has 0 radical (unpaired) electrons. The minimum Gasteiger partial charge on any atom is -0.495 e. The van der Waals surface area contributed by atoms with Crippen molar-refractivity contribution in [3.05, 3.63) is 28.7 Å². The van der Waals surface area contributed by atoms with Gasteiger partial charge < -0.3 is 4.74 Å². The Morgan fingerprint density at radius 2 is 2.07 bits per heavy atom. The molecule has 0 saturated heterocycles. The first-order valence-corrected chi connectivity index (χ1v) is 5.33. The van der Waals surface area contributed by atoms with Crippen LogP contribution in [0.4, 0.5) is 0 Å². The number of methoxy groups -OCH3 is 1. The molecular formula is C11H17NOS. The molecule has 2 nitrogen and oxygen atoms in total. The van der Waals surface area contributed by atoms with Crippen LogP contribution in [0.5, 0.6) is 0 Å². The van der Waals surface area contributed by atoms with Crippen LogP contribution in [0.2, 0.25) is 0 Å². The quantitative estimate of drug-likeness (QED) is 0.711. The van der Waals surface area contributed by atoms with E-state index in [1.54, 1.807) is 24.5 Å². The Hall–Kier alpha value is -1.09. The molecule has 0 amide bonds. The number of ether oxygens (including phenoxy) is 1. The molecule has 1 aromatic rings. The maximum absolute atomic E-state index is 4.99. The van der Waals surface area contributed by atoms with Crippen molar-refractivity contribution in [2.24, 2.45) is 0 Å². The van der Waals surface area contributed by atoms with E-state index < -0.39 is 0 Å². The Balaban J connectivity index is 0.000000791. The molecule has 0 fully saturated rings. The second kappa shape index (κ2) is 6.38. The second-order valence-corrected chi connectivity index (χ2v) is 3.51. The standard InChI is InChI=1S/C9H11NOS.C2H6/c1-5-8-9(6(2)11-4)10-7(3)12-8;1-2/h5H,1-2H2,3-4H3;1-2H3. The van der Waals surface area contributed by atoms with E-state index in [0.29, 0.717) is 5.76 Å². The molecule has 0 bridgehead atoms. The molecule has 0 aliphatic heterocycles. The largest absolute Gasteiger partial charge is 0.495 e. The summed E-state index contributed by atoms with van der Waals surface area (Å²) in [5, 5.41) is 0.998. The van der Waals surface area contributed by atoms with E-state index >= 15 is 0 Å². The van der Waals surface area contributed by atoms with Crippen LogP contribution in [0, 0.1) is 6.92 Å². The van der Waals surface area contributed by atoms with Crippen LogP contribution < -0.4 is 0 Å². The van der Waals surface area contributed by atoms with Gasteiger partial charge in [0, 0.05) is 0 Å². The minimum absolute atomic E-state index is 0.592. The zero-order chi connectivity index (χ0) is 11.1. The van der Waals surface area contributed by atoms with Crippen LogP contribution in [0.3, 0.4) is 0 Å². The van der Waals surface area contributed by atoms with Gasteiger partial charge in [-0.15, -0.1) is 11.3 Å². The first kappa shape index (κ1) is 12.9. The van der Waals surface area contributed by atoms with Crippen molar-refractivity contribution in [2.75, 3.05) is 7.11 Å². The maximum Gasteiger partial charge on any atom is 0.138 e. The zero-order valence-corrected chi connectivity index (χ0v) is 10.1. The molecule has 0 aromatic carbocycles. The number of hydrogen-bond donors (Lipinski definition) is 0. The van der Waals surface area contributed by atoms with E-state index in [0.717, 1.165) is 15.6 Å². The van der Waals surface area contributed by atoms with Gasteiger partial charge in [-0.25, -0.2) is 4.98 Å². The smallest absolute Gasteiger partial charge is 0.138 e. The normalized spacial score (nSPS) is 8.57. The van der Waals surface area contributed by atoms with Gasteiger partial charge in [-0.05, 0) is 13.0 Å². The maximum atomic E-state index is 4.99. The summed E-state index contributed by atoms with van der Waals surface area (Å²) in [7, 11) is 1.59. The first-order chi connectivity index (χ1) is 6.69. The molecule has 78 valence electrons. The van der Waals surface area contributed by atoms with Crippen LogP contribution in [-0.4, -0.2) is 12.1 Å². The number of rotatable bonds is 3. The molecule has 0 unspecified atom stereocenters. The van der Waals surface area contributed by atoms with Gasteiger partial charge in [0.25, 0.3) is 0 Å². The van der Waals surface area contributed by atoms with Crippen molar-refractivity contribution in [1.82, 2.24) is 4.98 Å². The van der Waals surface area contributed by atoms with Crippen molar-refractivity contribution in [2.45, 2.75) is 20.8 Å². The van der Waals surface area contributed by atoms with E-state index in [4.69, 9.17) is 4.74 Å². The van der Waals surface area contributed by atoms with Crippen LogP contribution >= 0.6 is 11.3 Å². The van der Waals surface area contributed by atoms with Gasteiger partial charge in [-0.3, -0.25) is 0 Å². The number of thiazole rings is 1. The Bertz CT molecular complexity index is 315. The highest BCUT2D eigenvalue weighted by Crippen LogP contribution is 2.24. The zero-order valence-electron chi connectivity index (χ0n) is 9.26. The lowest BCUT2D eigenvalue weighted by atomic mass is 10.3. The fourth-order valence-corrected chi connectivity index (χ4v) is 1.67. The predicted octanol–water partition coefficient (Wildman–Crippen LogP) is 3.74. The molecule has 0 spiro atoms. The first-order valence-electron chi connectivity index (χ1n) is 4.52. The van der Waals surface area contributed by atoms with Crippen molar-refractivity contribution in [3.8, 4) is 0 Å². The summed E-state index contributed by atoms with van der Waals surface area (Å²) in [6, 6.07) is 0. The summed E-state index contributed by atoms with van der Waals surface area (Å²) < 4.78 is 4.99. The number of nitrogens with zero attached hydrogens (tertiary/aromatic N) is 1. The fraction of sp³-hybridized carbons (Fsp3) is 0.364. The summed E-state index contributed by atoms with van der Waals surface area (Å²) in [4.78, 5) is 5.29. The number of aryl methyl sites for hydroxylation is 1. The lowest BCUT2D eigenvalue weighted by Gasteiger charge is -1.99. The molecule has 3 heteroatoms. The van der Waals surface area contributed by atoms with E-state index in [1.165, 1.54) is 0 Å². The average Bonchev–Trinajstić information content (AvgIpc) is 2.61. The third-order valence-electron chi connectivity index (χ3n) is 1.46. The topological polar surface area (TPSA) is 22.1 Å². The molecule has 0 atom stereocenters. The van der Waals surface area contributed by atoms with Gasteiger partial charge in [0.05, 0.1) is 17.0 Å². The average molecular weight is 211 g/mol. The van der Waals surface area contributed by atoms with Crippen LogP contribution in [0.15, 0.2) is 13.2 Å². The van der Waals surface area contributed by atoms with Gasteiger partial charge in [0.15, 0.2) is 0 Å². The Morgan fingerprint density at radius 1 is 1.50 bits per heavy atom. The van der Waals surface area contributed by atoms with E-state index in [9.17, 15) is 0 Å². The van der Waals surface area contributed by atoms with Gasteiger partial charge in [-0.1, -0.05) is 27.0 Å². The molecule has 1 rings (SSSR count). The van der Waals surface area contributed by atoms with Crippen molar-refractivity contribution >= 4 is 23.2 Å². The van der Waals surface area contributed by atoms with Crippen LogP contribution in [0.1, 0.15) is 29.4 Å². The summed E-state index contributed by atoms with van der Waals surface area (Å²) >= 11 is 1.59. The van der Waals surface area contributed by atoms with Crippen molar-refractivity contribution < 1.29 is 4.74 Å². The highest BCUT2D eigenvalue weighted by atomic mass is 32.1. The third-order valence-corrected chi connectivity index (χ3v) is 2.42. The molecular weight excluding hydrogens is 194 g/mol. The molecule has 0 aliphatic rings. The van der Waals surface area contributed by atoms with Gasteiger partial charge in [0.2, 0.25) is 0 Å². The van der Waals surface area contributed by atoms with Crippen LogP contribution in [-0.2, 0) is 4.74 Å².